The van der Waals surface area contributed by atoms with Crippen LogP contribution in [0.5, 0.6) is 0 Å². The highest BCUT2D eigenvalue weighted by molar-refractivity contribution is 6.30. The predicted molar refractivity (Wildman–Crippen MR) is 113 cm³/mol. The number of primary amides is 1. The smallest absolute Gasteiger partial charge is 0.251 e. The minimum Gasteiger partial charge on any atom is -0.378 e. The first-order valence-corrected chi connectivity index (χ1v) is 9.92. The van der Waals surface area contributed by atoms with E-state index >= 15 is 0 Å². The number of carbonyl (C=O) groups excluding carboxylic acids is 2. The van der Waals surface area contributed by atoms with E-state index in [0.29, 0.717) is 68.8 Å². The van der Waals surface area contributed by atoms with Gasteiger partial charge < -0.3 is 31.0 Å². The van der Waals surface area contributed by atoms with E-state index in [1.165, 1.54) is 6.07 Å². The second kappa shape index (κ2) is 9.08. The highest BCUT2D eigenvalue weighted by atomic mass is 19.1. The number of nitrogens with zero attached hydrogens (tertiary/aromatic N) is 4. The largest absolute Gasteiger partial charge is 0.378 e. The Bertz CT molecular complexity index is 1040. The lowest BCUT2D eigenvalue weighted by Gasteiger charge is -2.29. The Morgan fingerprint density at radius 1 is 1.26 bits per heavy atom. The number of hydrogen-bond donors (Lipinski definition) is 4. The van der Waals surface area contributed by atoms with E-state index < -0.39 is 17.8 Å². The number of benzene rings is 1. The number of morpholine rings is 1. The number of H-pyrrole nitrogens is 1. The van der Waals surface area contributed by atoms with Crippen molar-refractivity contribution < 1.29 is 18.7 Å². The quantitative estimate of drug-likeness (QED) is 0.454. The third-order valence-electron chi connectivity index (χ3n) is 4.96. The number of aliphatic imine (C=N–C) groups is 2. The van der Waals surface area contributed by atoms with Crippen molar-refractivity contribution >= 4 is 40.8 Å². The second-order valence-corrected chi connectivity index (χ2v) is 7.11. The number of rotatable bonds is 6. The molecule has 1 saturated heterocycles. The Balaban J connectivity index is 1.25. The van der Waals surface area contributed by atoms with Crippen LogP contribution < -0.4 is 16.4 Å². The SMILES string of the molecule is NC(=O)c1cc(F)cc2[nH]c(NCCNC3=NCC(C(=O)N4CCOCC4)N=C3)nc12. The van der Waals surface area contributed by atoms with Gasteiger partial charge in [-0.1, -0.05) is 0 Å². The number of anilines is 1. The number of imidazole rings is 1. The zero-order valence-electron chi connectivity index (χ0n) is 16.7. The molecule has 2 aliphatic heterocycles. The van der Waals surface area contributed by atoms with Crippen molar-refractivity contribution in [3.63, 3.8) is 0 Å². The molecule has 164 valence electrons. The van der Waals surface area contributed by atoms with Crippen molar-refractivity contribution in [3.05, 3.63) is 23.5 Å². The molecule has 1 fully saturated rings. The minimum absolute atomic E-state index is 0.0198. The number of nitrogens with two attached hydrogens (primary N) is 1. The first-order valence-electron chi connectivity index (χ1n) is 9.92. The maximum atomic E-state index is 13.6. The number of fused-ring (bicyclic) bond motifs is 1. The van der Waals surface area contributed by atoms with Crippen molar-refractivity contribution in [3.8, 4) is 0 Å². The number of hydrogen-bond acceptors (Lipinski definition) is 8. The first-order chi connectivity index (χ1) is 15.0. The molecule has 11 nitrogen and oxygen atoms in total. The topological polar surface area (TPSA) is 150 Å². The molecule has 2 amide bonds. The van der Waals surface area contributed by atoms with Gasteiger partial charge in [-0.05, 0) is 12.1 Å². The molecule has 0 radical (unpaired) electrons. The minimum atomic E-state index is -0.746. The van der Waals surface area contributed by atoms with Crippen LogP contribution in [0, 0.1) is 5.82 Å². The van der Waals surface area contributed by atoms with E-state index in [1.54, 1.807) is 11.1 Å². The van der Waals surface area contributed by atoms with Crippen LogP contribution in [-0.2, 0) is 9.53 Å². The molecule has 0 spiro atoms. The molecule has 1 atom stereocenters. The van der Waals surface area contributed by atoms with Gasteiger partial charge in [0.1, 0.15) is 23.2 Å². The molecule has 31 heavy (non-hydrogen) atoms. The van der Waals surface area contributed by atoms with Gasteiger partial charge in [0.05, 0.1) is 37.1 Å². The molecule has 5 N–H and O–H groups in total. The number of halogens is 1. The van der Waals surface area contributed by atoms with Crippen LogP contribution in [-0.4, -0.2) is 90.7 Å². The fourth-order valence-corrected chi connectivity index (χ4v) is 3.40. The zero-order chi connectivity index (χ0) is 21.8. The Labute approximate surface area is 177 Å². The summed E-state index contributed by atoms with van der Waals surface area (Å²) in [7, 11) is 0. The standard InChI is InChI=1S/C19H23FN8O3/c20-11-7-12(17(21)29)16-13(8-11)26-19(27-16)23-2-1-22-15-10-24-14(9-25-15)18(30)28-3-5-31-6-4-28/h7-8,10,14H,1-6,9H2,(H2,21,29)(H,22,25)(H2,23,26,27). The zero-order valence-corrected chi connectivity index (χ0v) is 16.7. The fraction of sp³-hybridized carbons (Fsp3) is 0.421. The number of aromatic amines is 1. The van der Waals surface area contributed by atoms with Crippen LogP contribution in [0.15, 0.2) is 22.1 Å². The summed E-state index contributed by atoms with van der Waals surface area (Å²) in [4.78, 5) is 41.5. The average Bonchev–Trinajstić information content (AvgIpc) is 3.19. The van der Waals surface area contributed by atoms with Crippen molar-refractivity contribution in [2.75, 3.05) is 51.3 Å². The van der Waals surface area contributed by atoms with Gasteiger partial charge in [0, 0.05) is 26.2 Å². The monoisotopic (exact) mass is 430 g/mol. The summed E-state index contributed by atoms with van der Waals surface area (Å²) in [6.45, 7) is 3.54. The molecule has 2 aromatic rings. The van der Waals surface area contributed by atoms with Crippen molar-refractivity contribution in [1.82, 2.24) is 20.2 Å². The molecule has 3 heterocycles. The summed E-state index contributed by atoms with van der Waals surface area (Å²) >= 11 is 0. The van der Waals surface area contributed by atoms with Gasteiger partial charge in [0.25, 0.3) is 5.91 Å². The lowest BCUT2D eigenvalue weighted by Crippen LogP contribution is -2.47. The first kappa shape index (κ1) is 20.7. The van der Waals surface area contributed by atoms with Crippen LogP contribution in [0.25, 0.3) is 11.0 Å². The van der Waals surface area contributed by atoms with Crippen LogP contribution in [0.3, 0.4) is 0 Å². The van der Waals surface area contributed by atoms with Crippen molar-refractivity contribution in [2.45, 2.75) is 6.04 Å². The third kappa shape index (κ3) is 4.79. The maximum Gasteiger partial charge on any atom is 0.251 e. The highest BCUT2D eigenvalue weighted by Gasteiger charge is 2.26. The summed E-state index contributed by atoms with van der Waals surface area (Å²) in [5, 5.41) is 6.17. The molecule has 2 aliphatic rings. The normalized spacial score (nSPS) is 18.7. The molecular weight excluding hydrogens is 407 g/mol. The number of ether oxygens (including phenoxy) is 1. The van der Waals surface area contributed by atoms with E-state index in [-0.39, 0.29) is 11.5 Å². The highest BCUT2D eigenvalue weighted by Crippen LogP contribution is 2.20. The van der Waals surface area contributed by atoms with E-state index in [9.17, 15) is 14.0 Å². The van der Waals surface area contributed by atoms with Gasteiger partial charge in [-0.2, -0.15) is 0 Å². The lowest BCUT2D eigenvalue weighted by atomic mass is 10.1. The van der Waals surface area contributed by atoms with Gasteiger partial charge in [0.2, 0.25) is 11.9 Å². The van der Waals surface area contributed by atoms with E-state index in [4.69, 9.17) is 10.5 Å². The third-order valence-corrected chi connectivity index (χ3v) is 4.96. The van der Waals surface area contributed by atoms with Crippen LogP contribution >= 0.6 is 0 Å². The summed E-state index contributed by atoms with van der Waals surface area (Å²) in [6, 6.07) is 1.83. The Morgan fingerprint density at radius 3 is 2.74 bits per heavy atom. The number of amidine groups is 1. The number of aromatic nitrogens is 2. The van der Waals surface area contributed by atoms with E-state index in [1.807, 2.05) is 0 Å². The molecular formula is C19H23FN8O3. The number of nitrogens with one attached hydrogen (secondary N) is 3. The summed E-state index contributed by atoms with van der Waals surface area (Å²) < 4.78 is 18.9. The number of amides is 2. The van der Waals surface area contributed by atoms with Crippen molar-refractivity contribution in [1.29, 1.82) is 0 Å². The van der Waals surface area contributed by atoms with E-state index in [0.717, 1.165) is 6.07 Å². The van der Waals surface area contributed by atoms with Gasteiger partial charge >= 0.3 is 0 Å². The van der Waals surface area contributed by atoms with Crippen LogP contribution in [0.4, 0.5) is 10.3 Å². The molecule has 0 bridgehead atoms. The fourth-order valence-electron chi connectivity index (χ4n) is 3.40. The Hall–Kier alpha value is -3.54. The average molecular weight is 430 g/mol. The second-order valence-electron chi connectivity index (χ2n) is 7.11. The Kier molecular flexibility index (Phi) is 6.07. The van der Waals surface area contributed by atoms with E-state index in [2.05, 4.69) is 30.6 Å². The molecule has 1 aromatic carbocycles. The molecule has 1 unspecified atom stereocenters. The number of carbonyl (C=O) groups is 2. The molecule has 4 rings (SSSR count). The van der Waals surface area contributed by atoms with Crippen molar-refractivity contribution in [2.24, 2.45) is 15.7 Å². The van der Waals surface area contributed by atoms with Gasteiger partial charge in [-0.3, -0.25) is 19.6 Å². The molecule has 0 aliphatic carbocycles. The van der Waals surface area contributed by atoms with Gasteiger partial charge in [-0.15, -0.1) is 0 Å². The maximum absolute atomic E-state index is 13.6. The summed E-state index contributed by atoms with van der Waals surface area (Å²) in [5.41, 5.74) is 6.00. The Morgan fingerprint density at radius 2 is 2.03 bits per heavy atom. The lowest BCUT2D eigenvalue weighted by molar-refractivity contribution is -0.136. The molecule has 12 heteroatoms. The molecule has 0 saturated carbocycles. The summed E-state index contributed by atoms with van der Waals surface area (Å²) in [5.74, 6) is -0.362. The molecule has 1 aromatic heterocycles. The van der Waals surface area contributed by atoms with Gasteiger partial charge in [-0.25, -0.2) is 9.37 Å². The predicted octanol–water partition coefficient (Wildman–Crippen LogP) is -0.487. The van der Waals surface area contributed by atoms with Crippen LogP contribution in [0.1, 0.15) is 10.4 Å². The van der Waals surface area contributed by atoms with Gasteiger partial charge in [0.15, 0.2) is 0 Å². The summed E-state index contributed by atoms with van der Waals surface area (Å²) in [6.07, 6.45) is 1.57. The van der Waals surface area contributed by atoms with Crippen LogP contribution in [0.2, 0.25) is 0 Å².